The van der Waals surface area contributed by atoms with Gasteiger partial charge in [0.15, 0.2) is 0 Å². The number of unbranched alkanes of at least 4 members (excludes halogenated alkanes) is 3. The molecule has 0 aromatic heterocycles. The largest absolute Gasteiger partial charge is 0.493 e. The average Bonchev–Trinajstić information content (AvgIpc) is 2.63. The SMILES string of the molecule is CCCCCCOc1ccc(Br)cc1C(=O)NCCc1ccccc1. The summed E-state index contributed by atoms with van der Waals surface area (Å²) in [6, 6.07) is 15.7. The Morgan fingerprint density at radius 1 is 1.08 bits per heavy atom. The number of hydrogen-bond donors (Lipinski definition) is 1. The van der Waals surface area contributed by atoms with Gasteiger partial charge < -0.3 is 10.1 Å². The van der Waals surface area contributed by atoms with Gasteiger partial charge in [0.25, 0.3) is 5.91 Å². The molecular weight excluding hydrogens is 378 g/mol. The van der Waals surface area contributed by atoms with Crippen LogP contribution in [-0.4, -0.2) is 19.1 Å². The molecule has 0 unspecified atom stereocenters. The van der Waals surface area contributed by atoms with Crippen molar-refractivity contribution in [2.24, 2.45) is 0 Å². The number of carbonyl (C=O) groups is 1. The monoisotopic (exact) mass is 403 g/mol. The molecular formula is C21H26BrNO2. The number of hydrogen-bond acceptors (Lipinski definition) is 2. The lowest BCUT2D eigenvalue weighted by atomic mass is 10.1. The molecule has 0 radical (unpaired) electrons. The molecule has 1 N–H and O–H groups in total. The maximum absolute atomic E-state index is 12.5. The number of halogens is 1. The van der Waals surface area contributed by atoms with E-state index in [1.54, 1.807) is 0 Å². The molecule has 0 atom stereocenters. The van der Waals surface area contributed by atoms with Gasteiger partial charge in [0.1, 0.15) is 5.75 Å². The lowest BCUT2D eigenvalue weighted by molar-refractivity contribution is 0.0950. The minimum atomic E-state index is -0.0965. The topological polar surface area (TPSA) is 38.3 Å². The second-order valence-corrected chi connectivity index (χ2v) is 6.96. The van der Waals surface area contributed by atoms with Crippen LogP contribution in [0.3, 0.4) is 0 Å². The first-order valence-electron chi connectivity index (χ1n) is 8.95. The van der Waals surface area contributed by atoms with Crippen LogP contribution in [0.5, 0.6) is 5.75 Å². The van der Waals surface area contributed by atoms with E-state index in [1.807, 2.05) is 36.4 Å². The Bertz CT molecular complexity index is 658. The normalized spacial score (nSPS) is 10.5. The Labute approximate surface area is 158 Å². The predicted molar refractivity (Wildman–Crippen MR) is 106 cm³/mol. The van der Waals surface area contributed by atoms with Crippen LogP contribution in [0.2, 0.25) is 0 Å². The van der Waals surface area contributed by atoms with E-state index in [4.69, 9.17) is 4.74 Å². The summed E-state index contributed by atoms with van der Waals surface area (Å²) < 4.78 is 6.72. The van der Waals surface area contributed by atoms with Gasteiger partial charge in [-0.25, -0.2) is 0 Å². The standard InChI is InChI=1S/C21H26BrNO2/c1-2-3-4-8-15-25-20-12-11-18(22)16-19(20)21(24)23-14-13-17-9-6-5-7-10-17/h5-7,9-12,16H,2-4,8,13-15H2,1H3,(H,23,24). The van der Waals surface area contributed by atoms with Gasteiger partial charge in [0, 0.05) is 11.0 Å². The molecule has 0 aliphatic carbocycles. The van der Waals surface area contributed by atoms with Crippen LogP contribution in [-0.2, 0) is 6.42 Å². The molecule has 0 saturated heterocycles. The Hall–Kier alpha value is -1.81. The smallest absolute Gasteiger partial charge is 0.255 e. The van der Waals surface area contributed by atoms with E-state index in [0.717, 1.165) is 23.7 Å². The average molecular weight is 404 g/mol. The van der Waals surface area contributed by atoms with Crippen LogP contribution in [0, 0.1) is 0 Å². The van der Waals surface area contributed by atoms with Crippen molar-refractivity contribution in [3.63, 3.8) is 0 Å². The van der Waals surface area contributed by atoms with E-state index in [0.29, 0.717) is 24.5 Å². The summed E-state index contributed by atoms with van der Waals surface area (Å²) in [5.41, 5.74) is 1.79. The Balaban J connectivity index is 1.89. The van der Waals surface area contributed by atoms with Crippen molar-refractivity contribution in [1.82, 2.24) is 5.32 Å². The lowest BCUT2D eigenvalue weighted by Crippen LogP contribution is -2.26. The summed E-state index contributed by atoms with van der Waals surface area (Å²) >= 11 is 3.44. The molecule has 2 aromatic carbocycles. The molecule has 3 nitrogen and oxygen atoms in total. The zero-order chi connectivity index (χ0) is 17.9. The first-order chi connectivity index (χ1) is 12.2. The molecule has 0 heterocycles. The van der Waals surface area contributed by atoms with Crippen molar-refractivity contribution < 1.29 is 9.53 Å². The third kappa shape index (κ3) is 6.91. The van der Waals surface area contributed by atoms with Crippen LogP contribution >= 0.6 is 15.9 Å². The first kappa shape index (κ1) is 19.5. The van der Waals surface area contributed by atoms with Crippen molar-refractivity contribution in [3.8, 4) is 5.75 Å². The lowest BCUT2D eigenvalue weighted by Gasteiger charge is -2.12. The molecule has 0 aliphatic heterocycles. The molecule has 0 fully saturated rings. The van der Waals surface area contributed by atoms with E-state index >= 15 is 0 Å². The summed E-state index contributed by atoms with van der Waals surface area (Å²) in [6.07, 6.45) is 5.41. The molecule has 134 valence electrons. The summed E-state index contributed by atoms with van der Waals surface area (Å²) in [5.74, 6) is 0.553. The zero-order valence-corrected chi connectivity index (χ0v) is 16.3. The van der Waals surface area contributed by atoms with Crippen molar-refractivity contribution in [2.75, 3.05) is 13.2 Å². The molecule has 2 aromatic rings. The Kier molecular flexibility index (Phi) is 8.53. The van der Waals surface area contributed by atoms with E-state index in [2.05, 4.69) is 40.3 Å². The molecule has 0 aliphatic rings. The van der Waals surface area contributed by atoms with Crippen molar-refractivity contribution in [3.05, 3.63) is 64.1 Å². The van der Waals surface area contributed by atoms with Gasteiger partial charge in [0.05, 0.1) is 12.2 Å². The van der Waals surface area contributed by atoms with Gasteiger partial charge >= 0.3 is 0 Å². The van der Waals surface area contributed by atoms with Crippen molar-refractivity contribution >= 4 is 21.8 Å². The highest BCUT2D eigenvalue weighted by Crippen LogP contribution is 2.23. The number of amides is 1. The highest BCUT2D eigenvalue weighted by molar-refractivity contribution is 9.10. The Morgan fingerprint density at radius 3 is 2.64 bits per heavy atom. The number of ether oxygens (including phenoxy) is 1. The number of rotatable bonds is 10. The fourth-order valence-corrected chi connectivity index (χ4v) is 2.94. The molecule has 0 bridgehead atoms. The van der Waals surface area contributed by atoms with Gasteiger partial charge in [-0.05, 0) is 36.6 Å². The van der Waals surface area contributed by atoms with Crippen LogP contribution in [0.15, 0.2) is 53.0 Å². The van der Waals surface area contributed by atoms with Gasteiger partial charge in [-0.2, -0.15) is 0 Å². The summed E-state index contributed by atoms with van der Waals surface area (Å²) in [5, 5.41) is 2.99. The van der Waals surface area contributed by atoms with E-state index in [1.165, 1.54) is 18.4 Å². The quantitative estimate of drug-likeness (QED) is 0.540. The highest BCUT2D eigenvalue weighted by atomic mass is 79.9. The van der Waals surface area contributed by atoms with Crippen LogP contribution in [0.25, 0.3) is 0 Å². The van der Waals surface area contributed by atoms with Crippen LogP contribution in [0.4, 0.5) is 0 Å². The van der Waals surface area contributed by atoms with Gasteiger partial charge in [0.2, 0.25) is 0 Å². The van der Waals surface area contributed by atoms with Crippen LogP contribution in [0.1, 0.15) is 48.5 Å². The van der Waals surface area contributed by atoms with E-state index < -0.39 is 0 Å². The molecule has 0 spiro atoms. The maximum Gasteiger partial charge on any atom is 0.255 e. The maximum atomic E-state index is 12.5. The van der Waals surface area contributed by atoms with Gasteiger partial charge in [-0.15, -0.1) is 0 Å². The van der Waals surface area contributed by atoms with Gasteiger partial charge in [-0.3, -0.25) is 4.79 Å². The number of carbonyl (C=O) groups excluding carboxylic acids is 1. The fourth-order valence-electron chi connectivity index (χ4n) is 2.58. The fraction of sp³-hybridized carbons (Fsp3) is 0.381. The third-order valence-corrected chi connectivity index (χ3v) is 4.48. The second-order valence-electron chi connectivity index (χ2n) is 6.04. The zero-order valence-electron chi connectivity index (χ0n) is 14.8. The molecule has 1 amide bonds. The Morgan fingerprint density at radius 2 is 1.88 bits per heavy atom. The number of benzene rings is 2. The molecule has 25 heavy (non-hydrogen) atoms. The molecule has 4 heteroatoms. The van der Waals surface area contributed by atoms with E-state index in [9.17, 15) is 4.79 Å². The molecule has 2 rings (SSSR count). The molecule has 0 saturated carbocycles. The van der Waals surface area contributed by atoms with E-state index in [-0.39, 0.29) is 5.91 Å². The summed E-state index contributed by atoms with van der Waals surface area (Å²) in [6.45, 7) is 3.44. The minimum Gasteiger partial charge on any atom is -0.493 e. The first-order valence-corrected chi connectivity index (χ1v) is 9.74. The predicted octanol–water partition coefficient (Wildman–Crippen LogP) is 5.38. The van der Waals surface area contributed by atoms with Gasteiger partial charge in [-0.1, -0.05) is 72.4 Å². The van der Waals surface area contributed by atoms with Crippen molar-refractivity contribution in [1.29, 1.82) is 0 Å². The number of nitrogens with one attached hydrogen (secondary N) is 1. The summed E-state index contributed by atoms with van der Waals surface area (Å²) in [7, 11) is 0. The van der Waals surface area contributed by atoms with Crippen molar-refractivity contribution in [2.45, 2.75) is 39.0 Å². The third-order valence-electron chi connectivity index (χ3n) is 3.98. The summed E-state index contributed by atoms with van der Waals surface area (Å²) in [4.78, 5) is 12.5. The second kappa shape index (κ2) is 10.9. The van der Waals surface area contributed by atoms with Crippen LogP contribution < -0.4 is 10.1 Å². The minimum absolute atomic E-state index is 0.0965. The highest BCUT2D eigenvalue weighted by Gasteiger charge is 2.13.